The van der Waals surface area contributed by atoms with Crippen molar-refractivity contribution in [2.75, 3.05) is 19.8 Å². The molecule has 10 nitrogen and oxygen atoms in total. The first kappa shape index (κ1) is 49.4. The first-order valence-corrected chi connectivity index (χ1v) is 20.9. The lowest BCUT2D eigenvalue weighted by atomic mass is 9.99. The van der Waals surface area contributed by atoms with E-state index >= 15 is 0 Å². The molecule has 0 bridgehead atoms. The maximum atomic E-state index is 12.7. The zero-order chi connectivity index (χ0) is 39.5. The molecule has 2 unspecified atom stereocenters. The van der Waals surface area contributed by atoms with E-state index in [0.29, 0.717) is 12.8 Å². The lowest BCUT2D eigenvalue weighted by Gasteiger charge is -2.39. The van der Waals surface area contributed by atoms with E-state index in [-0.39, 0.29) is 26.1 Å². The number of allylic oxidation sites excluding steroid dienone is 10. The molecule has 1 rings (SSSR count). The van der Waals surface area contributed by atoms with Crippen molar-refractivity contribution in [3.63, 3.8) is 0 Å². The third-order valence-electron chi connectivity index (χ3n) is 9.14. The van der Waals surface area contributed by atoms with Crippen molar-refractivity contribution in [3.8, 4) is 0 Å². The Morgan fingerprint density at radius 2 is 1.09 bits per heavy atom. The molecule has 1 aliphatic heterocycles. The SMILES string of the molecule is CC/C=C/C/C=C/C/C=C/CCCCCCCC(=O)O[C@@H](COC(=O)CCCCCCC/C=C/C/C=C/CCCC)CO[C@H]1O[C@@H](CO)[C@@H](O)C(O)C1O. The summed E-state index contributed by atoms with van der Waals surface area (Å²) in [7, 11) is 0. The van der Waals surface area contributed by atoms with Crippen molar-refractivity contribution in [2.24, 2.45) is 0 Å². The van der Waals surface area contributed by atoms with Gasteiger partial charge in [-0.25, -0.2) is 0 Å². The molecule has 0 spiro atoms. The summed E-state index contributed by atoms with van der Waals surface area (Å²) in [5, 5.41) is 40.0. The third-order valence-corrected chi connectivity index (χ3v) is 9.14. The number of rotatable bonds is 33. The van der Waals surface area contributed by atoms with Crippen molar-refractivity contribution in [3.05, 3.63) is 60.8 Å². The Balaban J connectivity index is 2.39. The van der Waals surface area contributed by atoms with Gasteiger partial charge >= 0.3 is 11.9 Å². The van der Waals surface area contributed by atoms with Crippen molar-refractivity contribution in [2.45, 2.75) is 185 Å². The van der Waals surface area contributed by atoms with Gasteiger partial charge < -0.3 is 39.4 Å². The van der Waals surface area contributed by atoms with E-state index < -0.39 is 55.4 Å². The maximum absolute atomic E-state index is 12.7. The molecule has 0 aromatic carbocycles. The normalized spacial score (nSPS) is 21.3. The molecule has 10 heteroatoms. The van der Waals surface area contributed by atoms with Gasteiger partial charge in [0.15, 0.2) is 12.4 Å². The number of aliphatic hydroxyl groups is 4. The monoisotopic (exact) mass is 763 g/mol. The highest BCUT2D eigenvalue weighted by atomic mass is 16.7. The summed E-state index contributed by atoms with van der Waals surface area (Å²) in [6.07, 6.45) is 33.7. The summed E-state index contributed by atoms with van der Waals surface area (Å²) in [5.41, 5.74) is 0. The lowest BCUT2D eigenvalue weighted by molar-refractivity contribution is -0.305. The molecule has 54 heavy (non-hydrogen) atoms. The van der Waals surface area contributed by atoms with Crippen LogP contribution in [-0.2, 0) is 28.5 Å². The predicted octanol–water partition coefficient (Wildman–Crippen LogP) is 8.27. The van der Waals surface area contributed by atoms with Gasteiger partial charge in [-0.1, -0.05) is 126 Å². The quantitative estimate of drug-likeness (QED) is 0.0292. The second kappa shape index (κ2) is 34.9. The zero-order valence-electron chi connectivity index (χ0n) is 33.4. The number of unbranched alkanes of at least 4 members (excludes halogenated alkanes) is 12. The summed E-state index contributed by atoms with van der Waals surface area (Å²) in [5.74, 6) is -0.849. The fourth-order valence-corrected chi connectivity index (χ4v) is 5.81. The highest BCUT2D eigenvalue weighted by Gasteiger charge is 2.44. The predicted molar refractivity (Wildman–Crippen MR) is 215 cm³/mol. The molecule has 1 aliphatic rings. The van der Waals surface area contributed by atoms with Crippen LogP contribution in [0.2, 0.25) is 0 Å². The minimum absolute atomic E-state index is 0.204. The van der Waals surface area contributed by atoms with E-state index in [9.17, 15) is 30.0 Å². The van der Waals surface area contributed by atoms with E-state index in [1.807, 2.05) is 0 Å². The molecule has 1 heterocycles. The molecule has 1 saturated heterocycles. The van der Waals surface area contributed by atoms with Crippen LogP contribution in [0.15, 0.2) is 60.8 Å². The summed E-state index contributed by atoms with van der Waals surface area (Å²) in [4.78, 5) is 25.2. The van der Waals surface area contributed by atoms with Crippen molar-refractivity contribution in [1.29, 1.82) is 0 Å². The van der Waals surface area contributed by atoms with Gasteiger partial charge in [0.2, 0.25) is 0 Å². The molecule has 0 radical (unpaired) electrons. The van der Waals surface area contributed by atoms with Gasteiger partial charge in [0.05, 0.1) is 13.2 Å². The Morgan fingerprint density at radius 1 is 0.593 bits per heavy atom. The van der Waals surface area contributed by atoms with E-state index in [0.717, 1.165) is 96.3 Å². The van der Waals surface area contributed by atoms with Crippen LogP contribution in [0.4, 0.5) is 0 Å². The Morgan fingerprint density at radius 3 is 1.65 bits per heavy atom. The molecule has 0 amide bonds. The summed E-state index contributed by atoms with van der Waals surface area (Å²) in [6, 6.07) is 0. The Labute approximate surface area is 326 Å². The van der Waals surface area contributed by atoms with Gasteiger partial charge in [-0.15, -0.1) is 0 Å². The van der Waals surface area contributed by atoms with Crippen LogP contribution in [0.1, 0.15) is 149 Å². The van der Waals surface area contributed by atoms with Gasteiger partial charge in [-0.3, -0.25) is 9.59 Å². The maximum Gasteiger partial charge on any atom is 0.306 e. The molecule has 0 aliphatic carbocycles. The number of aliphatic hydroxyl groups excluding tert-OH is 4. The Bertz CT molecular complexity index is 1070. The summed E-state index contributed by atoms with van der Waals surface area (Å²) >= 11 is 0. The van der Waals surface area contributed by atoms with Crippen LogP contribution in [0.5, 0.6) is 0 Å². The smallest absolute Gasteiger partial charge is 0.306 e. The van der Waals surface area contributed by atoms with Crippen LogP contribution in [0, 0.1) is 0 Å². The molecular weight excluding hydrogens is 688 g/mol. The highest BCUT2D eigenvalue weighted by molar-refractivity contribution is 5.70. The lowest BCUT2D eigenvalue weighted by Crippen LogP contribution is -2.59. The average molecular weight is 763 g/mol. The van der Waals surface area contributed by atoms with Crippen molar-refractivity contribution >= 4 is 11.9 Å². The molecule has 6 atom stereocenters. The molecular formula is C44H74O10. The van der Waals surface area contributed by atoms with E-state index in [4.69, 9.17) is 18.9 Å². The number of esters is 2. The van der Waals surface area contributed by atoms with Gasteiger partial charge in [0.25, 0.3) is 0 Å². The number of ether oxygens (including phenoxy) is 4. The van der Waals surface area contributed by atoms with Crippen LogP contribution in [0.25, 0.3) is 0 Å². The van der Waals surface area contributed by atoms with E-state index in [1.165, 1.54) is 12.8 Å². The Hall–Kier alpha value is -2.60. The number of carbonyl (C=O) groups is 2. The van der Waals surface area contributed by atoms with Gasteiger partial charge in [-0.05, 0) is 70.6 Å². The molecule has 310 valence electrons. The van der Waals surface area contributed by atoms with Crippen molar-refractivity contribution in [1.82, 2.24) is 0 Å². The Kier molecular flexibility index (Phi) is 31.9. The molecule has 0 saturated carbocycles. The first-order valence-electron chi connectivity index (χ1n) is 20.9. The first-order chi connectivity index (χ1) is 26.3. The number of hydrogen-bond donors (Lipinski definition) is 4. The standard InChI is InChI=1S/C44H74O10/c1-3-5-7-9-11-13-15-17-19-21-23-25-27-29-31-33-40(47)53-37(36-52-44-43(50)42(49)41(48)38(34-45)54-44)35-51-39(46)32-30-28-26-24-22-20-18-16-14-12-10-8-6-4-2/h5,7,10-13,16-19,37-38,41-45,48-50H,3-4,6,8-9,14-15,20-36H2,1-2H3/b7-5+,12-10+,13-11+,18-16+,19-17+/t37-,38-,41+,42?,43?,44-/m0/s1. The van der Waals surface area contributed by atoms with E-state index in [2.05, 4.69) is 74.6 Å². The topological polar surface area (TPSA) is 152 Å². The average Bonchev–Trinajstić information content (AvgIpc) is 3.17. The minimum Gasteiger partial charge on any atom is -0.462 e. The fourth-order valence-electron chi connectivity index (χ4n) is 5.81. The van der Waals surface area contributed by atoms with Crippen LogP contribution < -0.4 is 0 Å². The second-order valence-corrected chi connectivity index (χ2v) is 14.1. The van der Waals surface area contributed by atoms with Gasteiger partial charge in [0, 0.05) is 12.8 Å². The summed E-state index contributed by atoms with van der Waals surface area (Å²) in [6.45, 7) is 3.21. The summed E-state index contributed by atoms with van der Waals surface area (Å²) < 4.78 is 22.1. The molecule has 4 N–H and O–H groups in total. The number of hydrogen-bond acceptors (Lipinski definition) is 10. The zero-order valence-corrected chi connectivity index (χ0v) is 33.4. The largest absolute Gasteiger partial charge is 0.462 e. The van der Waals surface area contributed by atoms with Gasteiger partial charge in [-0.2, -0.15) is 0 Å². The molecule has 0 aromatic heterocycles. The van der Waals surface area contributed by atoms with Crippen LogP contribution in [-0.4, -0.2) is 89.0 Å². The highest BCUT2D eigenvalue weighted by Crippen LogP contribution is 2.22. The third kappa shape index (κ3) is 26.2. The van der Waals surface area contributed by atoms with Crippen LogP contribution in [0.3, 0.4) is 0 Å². The number of carbonyl (C=O) groups excluding carboxylic acids is 2. The molecule has 1 fully saturated rings. The van der Waals surface area contributed by atoms with Gasteiger partial charge in [0.1, 0.15) is 31.0 Å². The van der Waals surface area contributed by atoms with Crippen molar-refractivity contribution < 1.29 is 49.0 Å². The molecule has 0 aromatic rings. The second-order valence-electron chi connectivity index (χ2n) is 14.1. The fraction of sp³-hybridized carbons (Fsp3) is 0.727. The minimum atomic E-state index is -1.60. The van der Waals surface area contributed by atoms with E-state index in [1.54, 1.807) is 0 Å². The van der Waals surface area contributed by atoms with Crippen LogP contribution >= 0.6 is 0 Å².